The molecule has 30 heavy (non-hydrogen) atoms. The number of nitrogens with zero attached hydrogens (tertiary/aromatic N) is 2. The van der Waals surface area contributed by atoms with Crippen molar-refractivity contribution < 1.29 is 19.5 Å². The summed E-state index contributed by atoms with van der Waals surface area (Å²) in [6, 6.07) is 8.93. The van der Waals surface area contributed by atoms with E-state index in [4.69, 9.17) is 5.11 Å². The van der Waals surface area contributed by atoms with Crippen molar-refractivity contribution in [1.29, 1.82) is 0 Å². The lowest BCUT2D eigenvalue weighted by molar-refractivity contribution is -0.140. The van der Waals surface area contributed by atoms with Gasteiger partial charge in [0, 0.05) is 37.1 Å². The van der Waals surface area contributed by atoms with Gasteiger partial charge in [-0.2, -0.15) is 0 Å². The number of benzene rings is 1. The Hall–Kier alpha value is -4.01. The minimum Gasteiger partial charge on any atom is -0.481 e. The topological polar surface area (TPSA) is 133 Å². The molecule has 0 fully saturated rings. The Kier molecular flexibility index (Phi) is 6.53. The van der Waals surface area contributed by atoms with E-state index in [0.29, 0.717) is 12.4 Å². The van der Waals surface area contributed by atoms with Crippen LogP contribution in [0.25, 0.3) is 21.9 Å². The van der Waals surface area contributed by atoms with Gasteiger partial charge in [-0.3, -0.25) is 19.9 Å². The van der Waals surface area contributed by atoms with Gasteiger partial charge in [0.2, 0.25) is 5.91 Å². The van der Waals surface area contributed by atoms with Gasteiger partial charge in [-0.15, -0.1) is 0 Å². The fourth-order valence-corrected chi connectivity index (χ4v) is 3.02. The van der Waals surface area contributed by atoms with Crippen LogP contribution in [0.5, 0.6) is 0 Å². The number of amides is 3. The zero-order valence-corrected chi connectivity index (χ0v) is 16.3. The van der Waals surface area contributed by atoms with Crippen molar-refractivity contribution in [2.24, 2.45) is 0 Å². The molecule has 2 aromatic heterocycles. The quantitative estimate of drug-likeness (QED) is 0.445. The average Bonchev–Trinajstić information content (AvgIpc) is 2.72. The molecule has 0 saturated carbocycles. The number of fused-ring (bicyclic) bond motifs is 1. The summed E-state index contributed by atoms with van der Waals surface area (Å²) in [5.41, 5.74) is 2.62. The third-order valence-corrected chi connectivity index (χ3v) is 4.35. The van der Waals surface area contributed by atoms with Crippen LogP contribution in [0.15, 0.2) is 48.9 Å². The van der Waals surface area contributed by atoms with Crippen LogP contribution in [0.2, 0.25) is 0 Å². The summed E-state index contributed by atoms with van der Waals surface area (Å²) in [6.07, 6.45) is 4.42. The van der Waals surface area contributed by atoms with Crippen LogP contribution < -0.4 is 16.0 Å². The van der Waals surface area contributed by atoms with Gasteiger partial charge in [-0.25, -0.2) is 9.78 Å². The number of hydrogen-bond acceptors (Lipinski definition) is 5. The van der Waals surface area contributed by atoms with Crippen molar-refractivity contribution in [2.45, 2.75) is 19.9 Å². The summed E-state index contributed by atoms with van der Waals surface area (Å²) in [6.45, 7) is 2.46. The van der Waals surface area contributed by atoms with E-state index in [0.717, 1.165) is 27.5 Å². The molecule has 0 atom stereocenters. The maximum absolute atomic E-state index is 11.9. The van der Waals surface area contributed by atoms with Gasteiger partial charge >= 0.3 is 12.0 Å². The van der Waals surface area contributed by atoms with E-state index in [-0.39, 0.29) is 12.6 Å². The van der Waals surface area contributed by atoms with Gasteiger partial charge in [0.1, 0.15) is 12.2 Å². The lowest BCUT2D eigenvalue weighted by atomic mass is 9.96. The first-order valence-electron chi connectivity index (χ1n) is 9.33. The normalized spacial score (nSPS) is 10.4. The van der Waals surface area contributed by atoms with Gasteiger partial charge < -0.3 is 15.7 Å². The van der Waals surface area contributed by atoms with Crippen molar-refractivity contribution in [3.05, 3.63) is 54.5 Å². The van der Waals surface area contributed by atoms with Crippen LogP contribution >= 0.6 is 0 Å². The zero-order valence-electron chi connectivity index (χ0n) is 16.3. The highest BCUT2D eigenvalue weighted by Crippen LogP contribution is 2.31. The number of carbonyl (C=O) groups is 3. The van der Waals surface area contributed by atoms with E-state index < -0.39 is 18.3 Å². The van der Waals surface area contributed by atoms with Crippen molar-refractivity contribution in [3.63, 3.8) is 0 Å². The Labute approximate surface area is 172 Å². The predicted molar refractivity (Wildman–Crippen MR) is 112 cm³/mol. The van der Waals surface area contributed by atoms with E-state index in [1.165, 1.54) is 0 Å². The molecule has 4 N–H and O–H groups in total. The second-order valence-electron chi connectivity index (χ2n) is 6.45. The molecule has 9 nitrogen and oxygen atoms in total. The minimum absolute atomic E-state index is 0.157. The van der Waals surface area contributed by atoms with Crippen LogP contribution in [-0.2, 0) is 16.1 Å². The maximum atomic E-state index is 11.9. The van der Waals surface area contributed by atoms with E-state index >= 15 is 0 Å². The monoisotopic (exact) mass is 407 g/mol. The van der Waals surface area contributed by atoms with Crippen molar-refractivity contribution >= 4 is 34.5 Å². The minimum atomic E-state index is -1.19. The number of aliphatic carboxylic acids is 1. The van der Waals surface area contributed by atoms with Crippen LogP contribution in [0, 0.1) is 0 Å². The first-order valence-corrected chi connectivity index (χ1v) is 9.33. The standard InChI is InChI=1S/C21H21N5O4/c1-2-23-21(30)26-18-9-16-15(13-5-7-22-8-6-13)4-3-14(17(16)12-24-18)11-25-19(27)10-20(28)29/h3-9,12H,2,10-11H2,1H3,(H,25,27)(H,28,29)(H2,23,24,26,30). The number of carbonyl (C=O) groups excluding carboxylic acids is 2. The number of hydrogen-bond donors (Lipinski definition) is 4. The first kappa shape index (κ1) is 20.7. The highest BCUT2D eigenvalue weighted by atomic mass is 16.4. The summed E-state index contributed by atoms with van der Waals surface area (Å²) in [7, 11) is 0. The Balaban J connectivity index is 2.00. The predicted octanol–water partition coefficient (Wildman–Crippen LogP) is 2.53. The van der Waals surface area contributed by atoms with Crippen molar-refractivity contribution in [2.75, 3.05) is 11.9 Å². The molecule has 0 aliphatic rings. The van der Waals surface area contributed by atoms with Gasteiger partial charge in [-0.05, 0) is 47.2 Å². The molecule has 3 amide bonds. The Bertz CT molecular complexity index is 1090. The molecular weight excluding hydrogens is 386 g/mol. The number of rotatable bonds is 7. The summed E-state index contributed by atoms with van der Waals surface area (Å²) in [4.78, 5) is 42.6. The largest absolute Gasteiger partial charge is 0.481 e. The molecule has 9 heteroatoms. The summed E-state index contributed by atoms with van der Waals surface area (Å²) in [5, 5.41) is 18.3. The zero-order chi connectivity index (χ0) is 21.5. The van der Waals surface area contributed by atoms with Crippen LogP contribution in [0.1, 0.15) is 18.9 Å². The van der Waals surface area contributed by atoms with Gasteiger partial charge in [-0.1, -0.05) is 12.1 Å². The molecule has 1 aromatic carbocycles. The Morgan fingerprint density at radius 1 is 1.03 bits per heavy atom. The molecule has 0 spiro atoms. The second-order valence-corrected chi connectivity index (χ2v) is 6.45. The SMILES string of the molecule is CCNC(=O)Nc1cc2c(-c3ccncc3)ccc(CNC(=O)CC(=O)O)c2cn1. The lowest BCUT2D eigenvalue weighted by Gasteiger charge is -2.14. The van der Waals surface area contributed by atoms with Crippen LogP contribution in [0.3, 0.4) is 0 Å². The molecule has 3 rings (SSSR count). The summed E-state index contributed by atoms with van der Waals surface area (Å²) in [5.74, 6) is -1.37. The van der Waals surface area contributed by atoms with Gasteiger partial charge in [0.25, 0.3) is 0 Å². The summed E-state index contributed by atoms with van der Waals surface area (Å²) >= 11 is 0. The molecule has 2 heterocycles. The number of urea groups is 1. The fourth-order valence-electron chi connectivity index (χ4n) is 3.02. The average molecular weight is 407 g/mol. The number of carboxylic acid groups (broad SMARTS) is 1. The summed E-state index contributed by atoms with van der Waals surface area (Å²) < 4.78 is 0. The highest BCUT2D eigenvalue weighted by Gasteiger charge is 2.13. The molecule has 0 radical (unpaired) electrons. The van der Waals surface area contributed by atoms with E-state index in [2.05, 4.69) is 25.9 Å². The number of aromatic nitrogens is 2. The number of anilines is 1. The number of nitrogens with one attached hydrogen (secondary N) is 3. The molecule has 3 aromatic rings. The van der Waals surface area contributed by atoms with Crippen LogP contribution in [-0.4, -0.2) is 39.5 Å². The van der Waals surface area contributed by atoms with Gasteiger partial charge in [0.15, 0.2) is 0 Å². The molecule has 0 unspecified atom stereocenters. The van der Waals surface area contributed by atoms with E-state index in [1.54, 1.807) is 24.7 Å². The first-order chi connectivity index (χ1) is 14.5. The molecule has 0 aliphatic heterocycles. The molecule has 0 aliphatic carbocycles. The molecule has 0 saturated heterocycles. The van der Waals surface area contributed by atoms with Crippen LogP contribution in [0.4, 0.5) is 10.6 Å². The molecular formula is C21H21N5O4. The number of carboxylic acids is 1. The third-order valence-electron chi connectivity index (χ3n) is 4.35. The second kappa shape index (κ2) is 9.46. The van der Waals surface area contributed by atoms with Gasteiger partial charge in [0.05, 0.1) is 0 Å². The smallest absolute Gasteiger partial charge is 0.320 e. The Morgan fingerprint density at radius 2 is 1.80 bits per heavy atom. The maximum Gasteiger partial charge on any atom is 0.320 e. The fraction of sp³-hybridized carbons (Fsp3) is 0.190. The number of pyridine rings is 2. The van der Waals surface area contributed by atoms with E-state index in [1.807, 2.05) is 31.2 Å². The lowest BCUT2D eigenvalue weighted by Crippen LogP contribution is -2.28. The molecule has 0 bridgehead atoms. The molecule has 154 valence electrons. The third kappa shape index (κ3) is 5.07. The Morgan fingerprint density at radius 3 is 2.50 bits per heavy atom. The van der Waals surface area contributed by atoms with Crippen molar-refractivity contribution in [3.8, 4) is 11.1 Å². The highest BCUT2D eigenvalue weighted by molar-refractivity contribution is 6.01. The van der Waals surface area contributed by atoms with E-state index in [9.17, 15) is 14.4 Å². The van der Waals surface area contributed by atoms with Crippen molar-refractivity contribution in [1.82, 2.24) is 20.6 Å².